The van der Waals surface area contributed by atoms with E-state index in [1.165, 1.54) is 24.4 Å². The van der Waals surface area contributed by atoms with Crippen molar-refractivity contribution < 1.29 is 23.5 Å². The predicted molar refractivity (Wildman–Crippen MR) is 110 cm³/mol. The van der Waals surface area contributed by atoms with Gasteiger partial charge in [-0.15, -0.1) is 0 Å². The summed E-state index contributed by atoms with van der Waals surface area (Å²) in [5.74, 6) is -0.961. The average molecular weight is 406 g/mol. The van der Waals surface area contributed by atoms with Gasteiger partial charge >= 0.3 is 5.97 Å². The van der Waals surface area contributed by atoms with Gasteiger partial charge in [0.25, 0.3) is 5.91 Å². The Bertz CT molecular complexity index is 1060. The van der Waals surface area contributed by atoms with Crippen LogP contribution >= 0.6 is 0 Å². The number of esters is 1. The van der Waals surface area contributed by atoms with Gasteiger partial charge in [-0.2, -0.15) is 5.10 Å². The van der Waals surface area contributed by atoms with Crippen LogP contribution < -0.4 is 14.9 Å². The molecule has 0 saturated heterocycles. The molecule has 1 N–H and O–H groups in total. The van der Waals surface area contributed by atoms with E-state index >= 15 is 0 Å². The van der Waals surface area contributed by atoms with Gasteiger partial charge in [-0.05, 0) is 66.6 Å². The first-order valence-corrected chi connectivity index (χ1v) is 9.09. The van der Waals surface area contributed by atoms with Crippen LogP contribution in [0.1, 0.15) is 21.5 Å². The molecule has 30 heavy (non-hydrogen) atoms. The van der Waals surface area contributed by atoms with Crippen molar-refractivity contribution in [3.05, 3.63) is 95.3 Å². The van der Waals surface area contributed by atoms with Crippen molar-refractivity contribution in [1.82, 2.24) is 5.43 Å². The van der Waals surface area contributed by atoms with Crippen molar-refractivity contribution in [1.29, 1.82) is 0 Å². The molecule has 1 amide bonds. The second kappa shape index (κ2) is 9.97. The summed E-state index contributed by atoms with van der Waals surface area (Å²) in [5.41, 5.74) is 3.93. The SMILES string of the molecule is Cc1cccc(OCC(=O)N/N=C\c2ccc(OC(=O)c3ccccc3F)cc2)c1. The summed E-state index contributed by atoms with van der Waals surface area (Å²) in [7, 11) is 0. The van der Waals surface area contributed by atoms with Crippen molar-refractivity contribution in [3.63, 3.8) is 0 Å². The summed E-state index contributed by atoms with van der Waals surface area (Å²) in [6, 6.07) is 19.3. The molecule has 0 spiro atoms. The van der Waals surface area contributed by atoms with Crippen LogP contribution in [0, 0.1) is 12.7 Å². The Morgan fingerprint density at radius 2 is 1.77 bits per heavy atom. The first-order chi connectivity index (χ1) is 14.5. The number of hydrazone groups is 1. The highest BCUT2D eigenvalue weighted by Gasteiger charge is 2.13. The largest absolute Gasteiger partial charge is 0.484 e. The lowest BCUT2D eigenvalue weighted by Crippen LogP contribution is -2.24. The molecular weight excluding hydrogens is 387 g/mol. The van der Waals surface area contributed by atoms with E-state index in [1.807, 2.05) is 25.1 Å². The minimum Gasteiger partial charge on any atom is -0.484 e. The molecule has 3 rings (SSSR count). The van der Waals surface area contributed by atoms with Gasteiger partial charge in [-0.3, -0.25) is 4.79 Å². The second-order valence-electron chi connectivity index (χ2n) is 6.34. The topological polar surface area (TPSA) is 77.0 Å². The molecule has 0 saturated carbocycles. The number of aryl methyl sites for hydroxylation is 1. The fraction of sp³-hybridized carbons (Fsp3) is 0.0870. The molecule has 0 heterocycles. The lowest BCUT2D eigenvalue weighted by Gasteiger charge is -2.06. The van der Waals surface area contributed by atoms with E-state index in [1.54, 1.807) is 36.4 Å². The van der Waals surface area contributed by atoms with Gasteiger partial charge in [-0.1, -0.05) is 24.3 Å². The zero-order chi connectivity index (χ0) is 21.3. The Kier molecular flexibility index (Phi) is 6.89. The second-order valence-corrected chi connectivity index (χ2v) is 6.34. The summed E-state index contributed by atoms with van der Waals surface area (Å²) < 4.78 is 24.2. The predicted octanol–water partition coefficient (Wildman–Crippen LogP) is 3.88. The molecule has 0 fully saturated rings. The van der Waals surface area contributed by atoms with E-state index in [0.29, 0.717) is 11.3 Å². The molecule has 0 radical (unpaired) electrons. The number of hydrogen-bond acceptors (Lipinski definition) is 5. The van der Waals surface area contributed by atoms with E-state index in [2.05, 4.69) is 10.5 Å². The number of hydrogen-bond donors (Lipinski definition) is 1. The average Bonchev–Trinajstić information content (AvgIpc) is 2.74. The van der Waals surface area contributed by atoms with Crippen molar-refractivity contribution in [2.45, 2.75) is 6.92 Å². The van der Waals surface area contributed by atoms with E-state index < -0.39 is 17.7 Å². The molecule has 0 aliphatic heterocycles. The fourth-order valence-corrected chi connectivity index (χ4v) is 2.48. The maximum Gasteiger partial charge on any atom is 0.346 e. The van der Waals surface area contributed by atoms with Gasteiger partial charge in [0, 0.05) is 0 Å². The highest BCUT2D eigenvalue weighted by Crippen LogP contribution is 2.15. The third-order valence-electron chi connectivity index (χ3n) is 3.95. The molecule has 3 aromatic rings. The smallest absolute Gasteiger partial charge is 0.346 e. The first kappa shape index (κ1) is 20.7. The van der Waals surface area contributed by atoms with E-state index in [9.17, 15) is 14.0 Å². The molecule has 0 aromatic heterocycles. The molecule has 0 unspecified atom stereocenters. The standard InChI is InChI=1S/C23H19FN2O4/c1-16-5-4-6-19(13-16)29-15-22(27)26-25-14-17-9-11-18(12-10-17)30-23(28)20-7-2-3-8-21(20)24/h2-14H,15H2,1H3,(H,26,27)/b25-14-. The Morgan fingerprint density at radius 1 is 1.00 bits per heavy atom. The summed E-state index contributed by atoms with van der Waals surface area (Å²) in [5, 5.41) is 3.86. The number of ether oxygens (including phenoxy) is 2. The maximum atomic E-state index is 13.6. The minimum absolute atomic E-state index is 0.140. The highest BCUT2D eigenvalue weighted by atomic mass is 19.1. The highest BCUT2D eigenvalue weighted by molar-refractivity contribution is 5.91. The van der Waals surface area contributed by atoms with E-state index in [0.717, 1.165) is 5.56 Å². The fourth-order valence-electron chi connectivity index (χ4n) is 2.48. The van der Waals surface area contributed by atoms with E-state index in [-0.39, 0.29) is 17.9 Å². The van der Waals surface area contributed by atoms with E-state index in [4.69, 9.17) is 9.47 Å². The normalized spacial score (nSPS) is 10.6. The number of carbonyl (C=O) groups is 2. The zero-order valence-electron chi connectivity index (χ0n) is 16.2. The number of carbonyl (C=O) groups excluding carboxylic acids is 2. The monoisotopic (exact) mass is 406 g/mol. The van der Waals surface area contributed by atoms with Crippen LogP contribution in [0.5, 0.6) is 11.5 Å². The summed E-state index contributed by atoms with van der Waals surface area (Å²) in [6.07, 6.45) is 1.44. The number of nitrogens with zero attached hydrogens (tertiary/aromatic N) is 1. The van der Waals surface area contributed by atoms with Crippen LogP contribution in [-0.4, -0.2) is 24.7 Å². The van der Waals surface area contributed by atoms with Gasteiger partial charge in [0.05, 0.1) is 11.8 Å². The third-order valence-corrected chi connectivity index (χ3v) is 3.95. The molecule has 0 aliphatic carbocycles. The van der Waals surface area contributed by atoms with Gasteiger partial charge < -0.3 is 9.47 Å². The van der Waals surface area contributed by atoms with Crippen LogP contribution in [0.25, 0.3) is 0 Å². The molecule has 7 heteroatoms. The maximum absolute atomic E-state index is 13.6. The van der Waals surface area contributed by atoms with Gasteiger partial charge in [0.1, 0.15) is 17.3 Å². The summed E-state index contributed by atoms with van der Waals surface area (Å²) in [4.78, 5) is 23.8. The molecule has 3 aromatic carbocycles. The number of halogens is 1. The van der Waals surface area contributed by atoms with Crippen LogP contribution in [-0.2, 0) is 4.79 Å². The Balaban J connectivity index is 1.48. The molecule has 0 bridgehead atoms. The lowest BCUT2D eigenvalue weighted by molar-refractivity contribution is -0.123. The first-order valence-electron chi connectivity index (χ1n) is 9.09. The van der Waals surface area contributed by atoms with Crippen molar-refractivity contribution in [3.8, 4) is 11.5 Å². The summed E-state index contributed by atoms with van der Waals surface area (Å²) in [6.45, 7) is 1.77. The Labute approximate surface area is 173 Å². The van der Waals surface area contributed by atoms with Crippen molar-refractivity contribution in [2.75, 3.05) is 6.61 Å². The Hall–Kier alpha value is -4.00. The molecule has 6 nitrogen and oxygen atoms in total. The Morgan fingerprint density at radius 3 is 2.50 bits per heavy atom. The number of amides is 1. The van der Waals surface area contributed by atoms with Gasteiger partial charge in [0.2, 0.25) is 0 Å². The molecule has 152 valence electrons. The third kappa shape index (κ3) is 6.00. The van der Waals surface area contributed by atoms with Crippen molar-refractivity contribution >= 4 is 18.1 Å². The molecular formula is C23H19FN2O4. The number of benzene rings is 3. The van der Waals surface area contributed by atoms with Crippen LogP contribution in [0.3, 0.4) is 0 Å². The molecule has 0 atom stereocenters. The molecule has 0 aliphatic rings. The quantitative estimate of drug-likeness (QED) is 0.280. The zero-order valence-corrected chi connectivity index (χ0v) is 16.2. The summed E-state index contributed by atoms with van der Waals surface area (Å²) >= 11 is 0. The van der Waals surface area contributed by atoms with Crippen LogP contribution in [0.4, 0.5) is 4.39 Å². The van der Waals surface area contributed by atoms with Crippen molar-refractivity contribution in [2.24, 2.45) is 5.10 Å². The number of nitrogens with one attached hydrogen (secondary N) is 1. The number of rotatable bonds is 7. The van der Waals surface area contributed by atoms with Crippen LogP contribution in [0.2, 0.25) is 0 Å². The van der Waals surface area contributed by atoms with Crippen LogP contribution in [0.15, 0.2) is 77.9 Å². The van der Waals surface area contributed by atoms with Gasteiger partial charge in [-0.25, -0.2) is 14.6 Å². The minimum atomic E-state index is -0.782. The van der Waals surface area contributed by atoms with Gasteiger partial charge in [0.15, 0.2) is 6.61 Å². The lowest BCUT2D eigenvalue weighted by atomic mass is 10.2.